The Labute approximate surface area is 220 Å². The number of carbonyl (C=O) groups excluding carboxylic acids is 4. The van der Waals surface area contributed by atoms with Crippen LogP contribution in [0.25, 0.3) is 10.9 Å². The molecule has 38 heavy (non-hydrogen) atoms. The van der Waals surface area contributed by atoms with Crippen molar-refractivity contribution in [1.82, 2.24) is 20.5 Å². The van der Waals surface area contributed by atoms with E-state index in [1.54, 1.807) is 20.0 Å². The second-order valence-corrected chi connectivity index (χ2v) is 9.99. The molecule has 12 nitrogen and oxygen atoms in total. The third-order valence-corrected chi connectivity index (χ3v) is 6.82. The van der Waals surface area contributed by atoms with E-state index in [1.807, 2.05) is 24.3 Å². The van der Waals surface area contributed by atoms with Crippen LogP contribution in [-0.4, -0.2) is 75.3 Å². The van der Waals surface area contributed by atoms with Crippen molar-refractivity contribution in [3.63, 3.8) is 0 Å². The number of hydrogen-bond acceptors (Lipinski definition) is 6. The zero-order valence-corrected chi connectivity index (χ0v) is 21.6. The summed E-state index contributed by atoms with van der Waals surface area (Å²) in [6.07, 6.45) is 2.76. The molecule has 206 valence electrons. The summed E-state index contributed by atoms with van der Waals surface area (Å²) in [7, 11) is 0. The van der Waals surface area contributed by atoms with E-state index in [0.29, 0.717) is 12.8 Å². The van der Waals surface area contributed by atoms with Gasteiger partial charge in [0.1, 0.15) is 18.1 Å². The Hall–Kier alpha value is -3.93. The molecule has 0 saturated carbocycles. The number of aromatic amines is 1. The minimum atomic E-state index is -1.15. The van der Waals surface area contributed by atoms with Gasteiger partial charge in [-0.2, -0.15) is 0 Å². The maximum Gasteiger partial charge on any atom is 0.326 e. The number of nitrogens with one attached hydrogen (secondary N) is 3. The van der Waals surface area contributed by atoms with Gasteiger partial charge in [-0.1, -0.05) is 32.0 Å². The number of carboxylic acids is 1. The number of primary amides is 1. The number of amides is 4. The van der Waals surface area contributed by atoms with Gasteiger partial charge >= 0.3 is 5.97 Å². The van der Waals surface area contributed by atoms with Crippen molar-refractivity contribution in [2.24, 2.45) is 17.4 Å². The average molecular weight is 529 g/mol. The Morgan fingerprint density at radius 3 is 2.53 bits per heavy atom. The van der Waals surface area contributed by atoms with E-state index >= 15 is 0 Å². The van der Waals surface area contributed by atoms with Crippen LogP contribution in [-0.2, 0) is 30.4 Å². The normalized spacial score (nSPS) is 17.7. The molecule has 4 unspecified atom stereocenters. The lowest BCUT2D eigenvalue weighted by Gasteiger charge is -2.30. The Kier molecular flexibility index (Phi) is 9.45. The number of aromatic nitrogens is 1. The SMILES string of the molecule is CC(C)C(NC(=O)C1CCCN1C(=O)C(Cc1c[nH]c2ccccc12)NC(=O)C(N)CCC(N)=O)C(=O)O. The van der Waals surface area contributed by atoms with Crippen LogP contribution >= 0.6 is 0 Å². The maximum absolute atomic E-state index is 13.8. The van der Waals surface area contributed by atoms with Crippen LogP contribution in [0.15, 0.2) is 30.5 Å². The van der Waals surface area contributed by atoms with Gasteiger partial charge in [-0.05, 0) is 36.8 Å². The molecule has 1 fully saturated rings. The van der Waals surface area contributed by atoms with Crippen molar-refractivity contribution in [2.75, 3.05) is 6.54 Å². The molecule has 1 aromatic carbocycles. The van der Waals surface area contributed by atoms with E-state index in [1.165, 1.54) is 4.90 Å². The van der Waals surface area contributed by atoms with Gasteiger partial charge in [-0.25, -0.2) is 4.79 Å². The number of likely N-dealkylation sites (tertiary alicyclic amines) is 1. The van der Waals surface area contributed by atoms with Gasteiger partial charge in [-0.3, -0.25) is 19.2 Å². The van der Waals surface area contributed by atoms with Crippen molar-refractivity contribution < 1.29 is 29.1 Å². The van der Waals surface area contributed by atoms with E-state index in [4.69, 9.17) is 11.5 Å². The molecule has 2 heterocycles. The third-order valence-electron chi connectivity index (χ3n) is 6.82. The minimum Gasteiger partial charge on any atom is -0.480 e. The lowest BCUT2D eigenvalue weighted by atomic mass is 10.0. The summed E-state index contributed by atoms with van der Waals surface area (Å²) in [5.74, 6) is -3.73. The molecule has 1 aliphatic rings. The number of para-hydroxylation sites is 1. The van der Waals surface area contributed by atoms with E-state index in [0.717, 1.165) is 16.5 Å². The van der Waals surface area contributed by atoms with Gasteiger partial charge in [0, 0.05) is 36.5 Å². The highest BCUT2D eigenvalue weighted by Gasteiger charge is 2.39. The lowest BCUT2D eigenvalue weighted by Crippen LogP contribution is -2.57. The highest BCUT2D eigenvalue weighted by molar-refractivity contribution is 5.95. The smallest absolute Gasteiger partial charge is 0.326 e. The van der Waals surface area contributed by atoms with Crippen LogP contribution in [0.3, 0.4) is 0 Å². The van der Waals surface area contributed by atoms with Crippen LogP contribution in [0, 0.1) is 5.92 Å². The Morgan fingerprint density at radius 2 is 1.87 bits per heavy atom. The quantitative estimate of drug-likeness (QED) is 0.222. The van der Waals surface area contributed by atoms with Gasteiger partial charge in [0.15, 0.2) is 0 Å². The summed E-state index contributed by atoms with van der Waals surface area (Å²) < 4.78 is 0. The summed E-state index contributed by atoms with van der Waals surface area (Å²) in [5, 5.41) is 15.6. The molecule has 0 bridgehead atoms. The monoisotopic (exact) mass is 528 g/mol. The zero-order chi connectivity index (χ0) is 28.0. The Balaban J connectivity index is 1.83. The first-order valence-electron chi connectivity index (χ1n) is 12.7. The van der Waals surface area contributed by atoms with Crippen molar-refractivity contribution in [3.05, 3.63) is 36.0 Å². The molecule has 0 radical (unpaired) electrons. The molecular formula is C26H36N6O6. The third kappa shape index (κ3) is 6.88. The number of carboxylic acid groups (broad SMARTS) is 1. The summed E-state index contributed by atoms with van der Waals surface area (Å²) in [6, 6.07) is 3.47. The number of rotatable bonds is 12. The molecule has 0 aliphatic carbocycles. The fraction of sp³-hybridized carbons (Fsp3) is 0.500. The summed E-state index contributed by atoms with van der Waals surface area (Å²) in [5.41, 5.74) is 12.8. The summed E-state index contributed by atoms with van der Waals surface area (Å²) >= 11 is 0. The van der Waals surface area contributed by atoms with Crippen molar-refractivity contribution in [1.29, 1.82) is 0 Å². The molecule has 0 spiro atoms. The standard InChI is InChI=1S/C26H36N6O6/c1-14(2)22(26(37)38)31-24(35)20-8-5-11-32(20)25(36)19(30-23(34)17(27)9-10-21(28)33)12-15-13-29-18-7-4-3-6-16(15)18/h3-4,6-7,13-14,17,19-20,22,29H,5,8-12,27H2,1-2H3,(H2,28,33)(H,30,34)(H,31,35)(H,37,38). The van der Waals surface area contributed by atoms with Crippen molar-refractivity contribution >= 4 is 40.5 Å². The number of benzene rings is 1. The highest BCUT2D eigenvalue weighted by atomic mass is 16.4. The second kappa shape index (κ2) is 12.5. The predicted octanol–water partition coefficient (Wildman–Crippen LogP) is 0.00440. The first-order valence-corrected chi connectivity index (χ1v) is 12.7. The maximum atomic E-state index is 13.8. The number of nitrogens with zero attached hydrogens (tertiary/aromatic N) is 1. The van der Waals surface area contributed by atoms with E-state index in [-0.39, 0.29) is 31.7 Å². The largest absolute Gasteiger partial charge is 0.480 e. The molecule has 4 amide bonds. The van der Waals surface area contributed by atoms with Crippen LogP contribution in [0.4, 0.5) is 0 Å². The first-order chi connectivity index (χ1) is 18.0. The fourth-order valence-corrected chi connectivity index (χ4v) is 4.69. The summed E-state index contributed by atoms with van der Waals surface area (Å²) in [6.45, 7) is 3.65. The van der Waals surface area contributed by atoms with Crippen molar-refractivity contribution in [3.8, 4) is 0 Å². The minimum absolute atomic E-state index is 0.0235. The van der Waals surface area contributed by atoms with Crippen LogP contribution in [0.5, 0.6) is 0 Å². The average Bonchev–Trinajstić information content (AvgIpc) is 3.52. The number of hydrogen-bond donors (Lipinski definition) is 6. The first kappa shape index (κ1) is 28.6. The Morgan fingerprint density at radius 1 is 1.16 bits per heavy atom. The van der Waals surface area contributed by atoms with Crippen LogP contribution in [0.2, 0.25) is 0 Å². The number of H-pyrrole nitrogens is 1. The van der Waals surface area contributed by atoms with Gasteiger partial charge in [0.25, 0.3) is 0 Å². The molecule has 2 aromatic rings. The number of carbonyl (C=O) groups is 5. The van der Waals surface area contributed by atoms with Crippen LogP contribution in [0.1, 0.15) is 45.1 Å². The molecule has 12 heteroatoms. The van der Waals surface area contributed by atoms with Crippen molar-refractivity contribution in [2.45, 2.75) is 70.1 Å². The lowest BCUT2D eigenvalue weighted by molar-refractivity contribution is -0.145. The topological polar surface area (TPSA) is 201 Å². The Bertz CT molecular complexity index is 1190. The highest BCUT2D eigenvalue weighted by Crippen LogP contribution is 2.23. The fourth-order valence-electron chi connectivity index (χ4n) is 4.69. The van der Waals surface area contributed by atoms with Crippen LogP contribution < -0.4 is 22.1 Å². The number of nitrogens with two attached hydrogens (primary N) is 2. The van der Waals surface area contributed by atoms with E-state index in [9.17, 15) is 29.1 Å². The molecular weight excluding hydrogens is 492 g/mol. The molecule has 1 saturated heterocycles. The van der Waals surface area contributed by atoms with Gasteiger partial charge in [0.05, 0.1) is 6.04 Å². The summed E-state index contributed by atoms with van der Waals surface area (Å²) in [4.78, 5) is 67.0. The zero-order valence-electron chi connectivity index (χ0n) is 21.6. The second-order valence-electron chi connectivity index (χ2n) is 9.99. The number of fused-ring (bicyclic) bond motifs is 1. The molecule has 1 aromatic heterocycles. The van der Waals surface area contributed by atoms with E-state index < -0.39 is 53.8 Å². The number of aliphatic carboxylic acids is 1. The van der Waals surface area contributed by atoms with E-state index in [2.05, 4.69) is 15.6 Å². The van der Waals surface area contributed by atoms with Gasteiger partial charge < -0.3 is 37.1 Å². The molecule has 3 rings (SSSR count). The van der Waals surface area contributed by atoms with Gasteiger partial charge in [0.2, 0.25) is 23.6 Å². The molecule has 1 aliphatic heterocycles. The molecule has 8 N–H and O–H groups in total. The predicted molar refractivity (Wildman–Crippen MR) is 139 cm³/mol. The molecule has 4 atom stereocenters. The van der Waals surface area contributed by atoms with Gasteiger partial charge in [-0.15, -0.1) is 0 Å².